The van der Waals surface area contributed by atoms with Gasteiger partial charge in [-0.15, -0.1) is 0 Å². The van der Waals surface area contributed by atoms with Crippen LogP contribution in [0, 0.1) is 0 Å². The number of hydrogen-bond donors (Lipinski definition) is 1. The third kappa shape index (κ3) is 3.71. The molecule has 1 aliphatic rings. The van der Waals surface area contributed by atoms with Crippen LogP contribution in [0.15, 0.2) is 46.3 Å². The zero-order valence-electron chi connectivity index (χ0n) is 11.0. The fourth-order valence-electron chi connectivity index (χ4n) is 1.57. The lowest BCUT2D eigenvalue weighted by Gasteiger charge is -2.05. The minimum absolute atomic E-state index is 0. The summed E-state index contributed by atoms with van der Waals surface area (Å²) >= 11 is 1.19. The molecule has 5 nitrogen and oxygen atoms in total. The van der Waals surface area contributed by atoms with Gasteiger partial charge in [0.2, 0.25) is 5.91 Å². The molecule has 1 fully saturated rings. The minimum Gasteiger partial charge on any atom is -1.00 e. The number of nitrogens with zero attached hydrogens (tertiary/aromatic N) is 2. The monoisotopic (exact) mass is 354 g/mol. The Balaban J connectivity index is 0.00000200. The van der Waals surface area contributed by atoms with Gasteiger partial charge in [-0.25, -0.2) is 0 Å². The van der Waals surface area contributed by atoms with E-state index in [1.165, 1.54) is 22.7 Å². The number of hydrogen-bond acceptors (Lipinski definition) is 4. The van der Waals surface area contributed by atoms with Crippen molar-refractivity contribution in [3.05, 3.63) is 41.3 Å². The molecular weight excluding hydrogens is 342 g/mol. The average Bonchev–Trinajstić information content (AvgIpc) is 2.67. The molecule has 0 aliphatic carbocycles. The number of para-hydroxylation sites is 1. The van der Waals surface area contributed by atoms with Gasteiger partial charge in [0.05, 0.1) is 4.91 Å². The third-order valence-electron chi connectivity index (χ3n) is 2.50. The SMILES string of the molecule is CN=C1S/C(=C\C(=O)Nc2ccccc2)C(=O)N1C.[Br-]. The summed E-state index contributed by atoms with van der Waals surface area (Å²) in [6.07, 6.45) is 1.30. The molecule has 0 unspecified atom stereocenters. The average molecular weight is 355 g/mol. The number of amides is 2. The number of carbonyl (C=O) groups is 2. The van der Waals surface area contributed by atoms with Crippen LogP contribution in [0.3, 0.4) is 0 Å². The summed E-state index contributed by atoms with van der Waals surface area (Å²) in [4.78, 5) is 29.4. The molecule has 1 heterocycles. The second-order valence-electron chi connectivity index (χ2n) is 3.84. The van der Waals surface area contributed by atoms with E-state index in [1.807, 2.05) is 18.2 Å². The number of anilines is 1. The highest BCUT2D eigenvalue weighted by atomic mass is 79.9. The summed E-state index contributed by atoms with van der Waals surface area (Å²) in [6, 6.07) is 9.08. The fraction of sp³-hybridized carbons (Fsp3) is 0.154. The van der Waals surface area contributed by atoms with Gasteiger partial charge in [0.25, 0.3) is 5.91 Å². The highest BCUT2D eigenvalue weighted by Gasteiger charge is 2.30. The molecule has 1 aromatic carbocycles. The topological polar surface area (TPSA) is 61.8 Å². The standard InChI is InChI=1S/C13H13N3O2S.BrH/c1-14-13-16(2)12(18)10(19-13)8-11(17)15-9-6-4-3-5-7-9;/h3-8H,1-2H3,(H,15,17);1H/p-1/b10-8-,14-13?;. The second kappa shape index (κ2) is 7.25. The first-order chi connectivity index (χ1) is 9.11. The van der Waals surface area contributed by atoms with Crippen LogP contribution in [0.1, 0.15) is 0 Å². The van der Waals surface area contributed by atoms with E-state index in [-0.39, 0.29) is 28.8 Å². The van der Waals surface area contributed by atoms with Crippen molar-refractivity contribution < 1.29 is 26.6 Å². The van der Waals surface area contributed by atoms with E-state index in [1.54, 1.807) is 26.2 Å². The molecule has 7 heteroatoms. The van der Waals surface area contributed by atoms with E-state index in [0.717, 1.165) is 0 Å². The van der Waals surface area contributed by atoms with Crippen molar-refractivity contribution in [2.45, 2.75) is 0 Å². The number of aliphatic imine (C=N–C) groups is 1. The fourth-order valence-corrected chi connectivity index (χ4v) is 2.47. The van der Waals surface area contributed by atoms with Gasteiger partial charge in [-0.05, 0) is 23.9 Å². The molecule has 1 saturated heterocycles. The van der Waals surface area contributed by atoms with Crippen LogP contribution in [-0.2, 0) is 9.59 Å². The molecule has 0 bridgehead atoms. The summed E-state index contributed by atoms with van der Waals surface area (Å²) < 4.78 is 0. The maximum absolute atomic E-state index is 11.8. The Morgan fingerprint density at radius 1 is 1.35 bits per heavy atom. The molecule has 0 aromatic heterocycles. The number of benzene rings is 1. The van der Waals surface area contributed by atoms with Gasteiger partial charge in [-0.2, -0.15) is 0 Å². The van der Waals surface area contributed by atoms with Gasteiger partial charge in [-0.3, -0.25) is 19.5 Å². The Morgan fingerprint density at radius 3 is 2.55 bits per heavy atom. The van der Waals surface area contributed by atoms with Crippen LogP contribution >= 0.6 is 11.8 Å². The summed E-state index contributed by atoms with van der Waals surface area (Å²) in [5.74, 6) is -0.540. The predicted molar refractivity (Wildman–Crippen MR) is 76.9 cm³/mol. The molecule has 1 aromatic rings. The van der Waals surface area contributed by atoms with E-state index < -0.39 is 0 Å². The van der Waals surface area contributed by atoms with E-state index >= 15 is 0 Å². The van der Waals surface area contributed by atoms with Crippen molar-refractivity contribution in [1.29, 1.82) is 0 Å². The van der Waals surface area contributed by atoms with Gasteiger partial charge >= 0.3 is 0 Å². The lowest BCUT2D eigenvalue weighted by molar-refractivity contribution is -0.121. The summed E-state index contributed by atoms with van der Waals surface area (Å²) in [5, 5.41) is 3.28. The summed E-state index contributed by atoms with van der Waals surface area (Å²) in [7, 11) is 3.24. The van der Waals surface area contributed by atoms with E-state index in [2.05, 4.69) is 10.3 Å². The molecule has 0 radical (unpaired) electrons. The first kappa shape index (κ1) is 16.5. The molecule has 0 spiro atoms. The van der Waals surface area contributed by atoms with Crippen LogP contribution in [0.2, 0.25) is 0 Å². The first-order valence-corrected chi connectivity index (χ1v) is 6.44. The molecule has 1 N–H and O–H groups in total. The van der Waals surface area contributed by atoms with Gasteiger partial charge in [0, 0.05) is 25.9 Å². The maximum atomic E-state index is 11.8. The number of halogens is 1. The van der Waals surface area contributed by atoms with Gasteiger partial charge < -0.3 is 22.3 Å². The first-order valence-electron chi connectivity index (χ1n) is 5.62. The van der Waals surface area contributed by atoms with Crippen LogP contribution in [0.4, 0.5) is 5.69 Å². The number of likely N-dealkylation sites (N-methyl/N-ethyl adjacent to an activating group) is 1. The Morgan fingerprint density at radius 2 is 2.00 bits per heavy atom. The quantitative estimate of drug-likeness (QED) is 0.672. The molecule has 106 valence electrons. The normalized spacial score (nSPS) is 18.3. The minimum atomic E-state index is -0.326. The highest BCUT2D eigenvalue weighted by molar-refractivity contribution is 8.18. The molecule has 1 aliphatic heterocycles. The third-order valence-corrected chi connectivity index (χ3v) is 3.65. The van der Waals surface area contributed by atoms with Crippen molar-refractivity contribution in [3.63, 3.8) is 0 Å². The summed E-state index contributed by atoms with van der Waals surface area (Å²) in [6.45, 7) is 0. The molecule has 2 rings (SSSR count). The van der Waals surface area contributed by atoms with E-state index in [9.17, 15) is 9.59 Å². The Hall–Kier alpha value is -1.60. The maximum Gasteiger partial charge on any atom is 0.266 e. The molecule has 2 amide bonds. The van der Waals surface area contributed by atoms with Crippen molar-refractivity contribution >= 4 is 34.4 Å². The van der Waals surface area contributed by atoms with Crippen LogP contribution < -0.4 is 22.3 Å². The predicted octanol–water partition coefficient (Wildman–Crippen LogP) is -1.30. The van der Waals surface area contributed by atoms with Crippen molar-refractivity contribution in [2.75, 3.05) is 19.4 Å². The lowest BCUT2D eigenvalue weighted by Crippen LogP contribution is -3.00. The van der Waals surface area contributed by atoms with Crippen LogP contribution in [-0.4, -0.2) is 36.0 Å². The van der Waals surface area contributed by atoms with Crippen molar-refractivity contribution in [3.8, 4) is 0 Å². The lowest BCUT2D eigenvalue weighted by atomic mass is 10.3. The largest absolute Gasteiger partial charge is 1.00 e. The van der Waals surface area contributed by atoms with Crippen molar-refractivity contribution in [1.82, 2.24) is 4.90 Å². The Labute approximate surface area is 131 Å². The Bertz CT molecular complexity index is 572. The van der Waals surface area contributed by atoms with Gasteiger partial charge in [-0.1, -0.05) is 18.2 Å². The number of carbonyl (C=O) groups excluding carboxylic acids is 2. The zero-order valence-corrected chi connectivity index (χ0v) is 13.4. The number of rotatable bonds is 2. The van der Waals surface area contributed by atoms with E-state index in [0.29, 0.717) is 15.8 Å². The molecule has 0 atom stereocenters. The summed E-state index contributed by atoms with van der Waals surface area (Å²) in [5.41, 5.74) is 0.692. The van der Waals surface area contributed by atoms with Gasteiger partial charge in [0.15, 0.2) is 5.17 Å². The molecular formula is C13H13BrN3O2S-. The molecule has 0 saturated carbocycles. The zero-order chi connectivity index (χ0) is 13.8. The Kier molecular flexibility index (Phi) is 5.97. The number of thioether (sulfide) groups is 1. The van der Waals surface area contributed by atoms with Crippen LogP contribution in [0.25, 0.3) is 0 Å². The van der Waals surface area contributed by atoms with Crippen molar-refractivity contribution in [2.24, 2.45) is 4.99 Å². The van der Waals surface area contributed by atoms with Gasteiger partial charge in [0.1, 0.15) is 0 Å². The highest BCUT2D eigenvalue weighted by Crippen LogP contribution is 2.29. The smallest absolute Gasteiger partial charge is 0.266 e. The van der Waals surface area contributed by atoms with Crippen LogP contribution in [0.5, 0.6) is 0 Å². The number of amidine groups is 1. The second-order valence-corrected chi connectivity index (χ2v) is 4.85. The molecule has 20 heavy (non-hydrogen) atoms. The number of nitrogens with one attached hydrogen (secondary N) is 1. The van der Waals surface area contributed by atoms with E-state index in [4.69, 9.17) is 0 Å².